The van der Waals surface area contributed by atoms with Crippen molar-refractivity contribution in [3.8, 4) is 5.75 Å². The molecule has 4 atom stereocenters. The second-order valence-corrected chi connectivity index (χ2v) is 10.1. The Morgan fingerprint density at radius 1 is 0.795 bits per heavy atom. The number of piperidine rings is 2. The van der Waals surface area contributed by atoms with Crippen LogP contribution in [0, 0.1) is 0 Å². The van der Waals surface area contributed by atoms with Crippen molar-refractivity contribution in [1.82, 2.24) is 19.9 Å². The normalized spacial score (nSPS) is 23.4. The van der Waals surface area contributed by atoms with Crippen LogP contribution in [0.4, 0.5) is 29.2 Å². The van der Waals surface area contributed by atoms with Crippen LogP contribution in [0.1, 0.15) is 23.3 Å². The maximum Gasteiger partial charge on any atom is 0.278 e. The number of rotatable bonds is 6. The van der Waals surface area contributed by atoms with Crippen molar-refractivity contribution >= 4 is 35.1 Å². The van der Waals surface area contributed by atoms with E-state index in [1.54, 1.807) is 30.3 Å². The molecule has 0 saturated carbocycles. The zero-order valence-electron chi connectivity index (χ0n) is 21.4. The molecule has 3 aromatic rings. The highest BCUT2D eigenvalue weighted by molar-refractivity contribution is 6.04. The van der Waals surface area contributed by atoms with Crippen LogP contribution in [0.2, 0.25) is 0 Å². The molecule has 0 unspecified atom stereocenters. The molecule has 39 heavy (non-hydrogen) atoms. The van der Waals surface area contributed by atoms with E-state index in [1.165, 1.54) is 12.3 Å². The highest BCUT2D eigenvalue weighted by atomic mass is 16.3. The first-order valence-corrected chi connectivity index (χ1v) is 12.8. The van der Waals surface area contributed by atoms with Crippen LogP contribution in [-0.2, 0) is 0 Å². The van der Waals surface area contributed by atoms with E-state index >= 15 is 0 Å². The van der Waals surface area contributed by atoms with E-state index in [2.05, 4.69) is 25.6 Å². The SMILES string of the molecule is N[C@@H]1C[C@H](N)CN(c2nc(Nc3ccc(NC(=O)c4ncccc4O)cc3)nc(N3C[C@H](N)C[C@H](N)C3)n2)C1. The quantitative estimate of drug-likeness (QED) is 0.216. The van der Waals surface area contributed by atoms with Gasteiger partial charge in [-0.2, -0.15) is 15.0 Å². The van der Waals surface area contributed by atoms with Crippen molar-refractivity contribution in [3.05, 3.63) is 48.3 Å². The number of nitrogens with two attached hydrogens (primary N) is 4. The summed E-state index contributed by atoms with van der Waals surface area (Å²) in [4.78, 5) is 34.4. The number of carbonyl (C=O) groups excluding carboxylic acids is 1. The zero-order chi connectivity index (χ0) is 27.5. The average Bonchev–Trinajstić information content (AvgIpc) is 2.89. The Balaban J connectivity index is 1.37. The molecule has 11 N–H and O–H groups in total. The molecule has 0 spiro atoms. The van der Waals surface area contributed by atoms with Gasteiger partial charge >= 0.3 is 0 Å². The average molecular weight is 535 g/mol. The van der Waals surface area contributed by atoms with Crippen LogP contribution in [0.25, 0.3) is 0 Å². The molecular formula is C25H34N12O2. The van der Waals surface area contributed by atoms with E-state index in [9.17, 15) is 9.90 Å². The molecule has 1 amide bonds. The molecule has 14 nitrogen and oxygen atoms in total. The third-order valence-electron chi connectivity index (χ3n) is 6.61. The van der Waals surface area contributed by atoms with Crippen LogP contribution in [0.5, 0.6) is 5.75 Å². The third-order valence-corrected chi connectivity index (χ3v) is 6.61. The Morgan fingerprint density at radius 2 is 1.31 bits per heavy atom. The largest absolute Gasteiger partial charge is 0.505 e. The highest BCUT2D eigenvalue weighted by Gasteiger charge is 2.28. The van der Waals surface area contributed by atoms with Gasteiger partial charge in [0.25, 0.3) is 5.91 Å². The molecular weight excluding hydrogens is 500 g/mol. The van der Waals surface area contributed by atoms with Gasteiger partial charge in [-0.05, 0) is 49.2 Å². The van der Waals surface area contributed by atoms with Gasteiger partial charge in [0.05, 0.1) is 0 Å². The highest BCUT2D eigenvalue weighted by Crippen LogP contribution is 2.25. The minimum Gasteiger partial charge on any atom is -0.505 e. The number of nitrogens with one attached hydrogen (secondary N) is 2. The summed E-state index contributed by atoms with van der Waals surface area (Å²) in [5, 5.41) is 15.8. The Kier molecular flexibility index (Phi) is 7.70. The van der Waals surface area contributed by atoms with Crippen molar-refractivity contribution in [2.75, 3.05) is 46.6 Å². The minimum atomic E-state index is -0.517. The van der Waals surface area contributed by atoms with Crippen molar-refractivity contribution in [2.45, 2.75) is 37.0 Å². The van der Waals surface area contributed by atoms with Gasteiger partial charge in [0, 0.05) is 67.9 Å². The first-order valence-electron chi connectivity index (χ1n) is 12.8. The summed E-state index contributed by atoms with van der Waals surface area (Å²) >= 11 is 0. The van der Waals surface area contributed by atoms with Crippen molar-refractivity contribution in [3.63, 3.8) is 0 Å². The van der Waals surface area contributed by atoms with Crippen LogP contribution < -0.4 is 43.4 Å². The van der Waals surface area contributed by atoms with Crippen molar-refractivity contribution in [2.24, 2.45) is 22.9 Å². The van der Waals surface area contributed by atoms with Gasteiger partial charge in [-0.3, -0.25) is 4.79 Å². The van der Waals surface area contributed by atoms with Crippen molar-refractivity contribution in [1.29, 1.82) is 0 Å². The summed E-state index contributed by atoms with van der Waals surface area (Å²) in [6.45, 7) is 2.32. The number of nitrogens with zero attached hydrogens (tertiary/aromatic N) is 6. The molecule has 0 bridgehead atoms. The summed E-state index contributed by atoms with van der Waals surface area (Å²) in [6.07, 6.45) is 2.91. The number of aromatic hydroxyl groups is 1. The van der Waals surface area contributed by atoms with Gasteiger partial charge in [0.2, 0.25) is 17.8 Å². The lowest BCUT2D eigenvalue weighted by molar-refractivity contribution is 0.101. The Labute approximate surface area is 225 Å². The summed E-state index contributed by atoms with van der Waals surface area (Å²) in [6, 6.07) is 9.59. The molecule has 2 fully saturated rings. The Hall–Kier alpha value is -4.11. The fraction of sp³-hybridized carbons (Fsp3) is 0.400. The van der Waals surface area contributed by atoms with Gasteiger partial charge in [0.1, 0.15) is 5.75 Å². The summed E-state index contributed by atoms with van der Waals surface area (Å²) in [5.74, 6) is 0.572. The van der Waals surface area contributed by atoms with Gasteiger partial charge in [-0.15, -0.1) is 0 Å². The maximum absolute atomic E-state index is 12.5. The number of benzene rings is 1. The molecule has 206 valence electrons. The predicted octanol–water partition coefficient (Wildman–Crippen LogP) is -0.302. The topological polar surface area (TPSA) is 223 Å². The number of hydrogen-bond donors (Lipinski definition) is 7. The fourth-order valence-electron chi connectivity index (χ4n) is 4.90. The number of anilines is 5. The van der Waals surface area contributed by atoms with Crippen LogP contribution in [0.3, 0.4) is 0 Å². The van der Waals surface area contributed by atoms with Crippen LogP contribution in [-0.4, -0.2) is 81.3 Å². The van der Waals surface area contributed by atoms with E-state index < -0.39 is 5.91 Å². The first-order chi connectivity index (χ1) is 18.7. The van der Waals surface area contributed by atoms with E-state index in [0.29, 0.717) is 55.4 Å². The van der Waals surface area contributed by atoms with Gasteiger partial charge in [0.15, 0.2) is 5.69 Å². The lowest BCUT2D eigenvalue weighted by atomic mass is 10.0. The smallest absolute Gasteiger partial charge is 0.278 e. The molecule has 1 aromatic carbocycles. The molecule has 5 rings (SSSR count). The van der Waals surface area contributed by atoms with E-state index in [-0.39, 0.29) is 35.6 Å². The molecule has 0 aliphatic carbocycles. The molecule has 14 heteroatoms. The third kappa shape index (κ3) is 6.49. The van der Waals surface area contributed by atoms with Gasteiger partial charge < -0.3 is 48.5 Å². The molecule has 2 aromatic heterocycles. The number of hydrogen-bond acceptors (Lipinski definition) is 13. The fourth-order valence-corrected chi connectivity index (χ4v) is 4.90. The Bertz CT molecular complexity index is 1240. The molecule has 2 aliphatic rings. The molecule has 2 saturated heterocycles. The predicted molar refractivity (Wildman–Crippen MR) is 149 cm³/mol. The standard InChI is InChI=1S/C25H34N12O2/c26-14-8-15(27)11-36(10-14)24-33-23(34-25(35-24)37-12-16(28)9-17(29)13-37)32-19-5-3-18(4-6-19)31-22(39)21-20(38)2-1-7-30-21/h1-7,14-17,38H,8-13,26-29H2,(H,31,39)(H,32,33,34,35)/t14-,15+,16-,17+. The number of pyridine rings is 1. The van der Waals surface area contributed by atoms with Gasteiger partial charge in [-0.1, -0.05) is 0 Å². The summed E-state index contributed by atoms with van der Waals surface area (Å²) < 4.78 is 0. The van der Waals surface area contributed by atoms with Crippen molar-refractivity contribution < 1.29 is 9.90 Å². The number of carbonyl (C=O) groups is 1. The van der Waals surface area contributed by atoms with E-state index in [1.807, 2.05) is 9.80 Å². The second kappa shape index (κ2) is 11.3. The van der Waals surface area contributed by atoms with Crippen LogP contribution >= 0.6 is 0 Å². The lowest BCUT2D eigenvalue weighted by Gasteiger charge is -2.37. The zero-order valence-corrected chi connectivity index (χ0v) is 21.4. The monoisotopic (exact) mass is 534 g/mol. The first kappa shape index (κ1) is 26.5. The van der Waals surface area contributed by atoms with Crippen LogP contribution in [0.15, 0.2) is 42.6 Å². The van der Waals surface area contributed by atoms with E-state index in [4.69, 9.17) is 27.9 Å². The van der Waals surface area contributed by atoms with Gasteiger partial charge in [-0.25, -0.2) is 4.98 Å². The molecule has 0 radical (unpaired) electrons. The molecule has 2 aliphatic heterocycles. The summed E-state index contributed by atoms with van der Waals surface area (Å²) in [7, 11) is 0. The lowest BCUT2D eigenvalue weighted by Crippen LogP contribution is -2.54. The number of amides is 1. The summed E-state index contributed by atoms with van der Waals surface area (Å²) in [5.41, 5.74) is 26.1. The maximum atomic E-state index is 12.5. The van der Waals surface area contributed by atoms with E-state index in [0.717, 1.165) is 12.8 Å². The number of aromatic nitrogens is 4. The minimum absolute atomic E-state index is 0.0563. The second-order valence-electron chi connectivity index (χ2n) is 10.1. The molecule has 4 heterocycles. The Morgan fingerprint density at radius 3 is 1.82 bits per heavy atom.